The number of ether oxygens (including phenoxy) is 1. The summed E-state index contributed by atoms with van der Waals surface area (Å²) in [5, 5.41) is 3.99. The van der Waals surface area contributed by atoms with E-state index in [-0.39, 0.29) is 23.1 Å². The Morgan fingerprint density at radius 3 is 2.18 bits per heavy atom. The zero-order valence-electron chi connectivity index (χ0n) is 28.0. The number of carbonyl (C=O) groups is 1. The second-order valence-corrected chi connectivity index (χ2v) is 13.6. The van der Waals surface area contributed by atoms with Gasteiger partial charge in [0.25, 0.3) is 0 Å². The van der Waals surface area contributed by atoms with Gasteiger partial charge in [0, 0.05) is 16.7 Å². The maximum absolute atomic E-state index is 14.4. The molecular weight excluding hydrogens is 672 g/mol. The maximum Gasteiger partial charge on any atom is 0.422 e. The van der Waals surface area contributed by atoms with Gasteiger partial charge in [0.15, 0.2) is 10.5 Å². The van der Waals surface area contributed by atoms with Crippen molar-refractivity contribution in [3.8, 4) is 32.5 Å². The van der Waals surface area contributed by atoms with Gasteiger partial charge in [0.05, 0.1) is 22.9 Å². The molecule has 0 radical (unpaired) electrons. The molecule has 0 aliphatic heterocycles. The number of fused-ring (bicyclic) bond motifs is 3. The van der Waals surface area contributed by atoms with Crippen LogP contribution in [0.1, 0.15) is 53.8 Å². The molecule has 1 aliphatic rings. The zero-order chi connectivity index (χ0) is 35.6. The van der Waals surface area contributed by atoms with Gasteiger partial charge in [-0.2, -0.15) is 13.2 Å². The highest BCUT2D eigenvalue weighted by molar-refractivity contribution is 7.18. The maximum atomic E-state index is 14.4. The van der Waals surface area contributed by atoms with Crippen LogP contribution < -0.4 is 0 Å². The molecule has 7 rings (SSSR count). The van der Waals surface area contributed by atoms with Gasteiger partial charge in [-0.25, -0.2) is 9.78 Å². The molecule has 51 heavy (non-hydrogen) atoms. The molecule has 0 N–H and O–H groups in total. The molecule has 0 saturated carbocycles. The first-order valence-corrected chi connectivity index (χ1v) is 17.6. The number of thiazole rings is 1. The van der Waals surface area contributed by atoms with Gasteiger partial charge in [0.1, 0.15) is 11.3 Å². The number of halogens is 3. The smallest absolute Gasteiger partial charge is 0.422 e. The van der Waals surface area contributed by atoms with Crippen LogP contribution in [0.25, 0.3) is 32.5 Å². The zero-order valence-corrected chi connectivity index (χ0v) is 28.9. The Labute approximate surface area is 297 Å². The normalized spacial score (nSPS) is 13.5. The number of hydrogen-bond acceptors (Lipinski definition) is 7. The van der Waals surface area contributed by atoms with E-state index in [1.165, 1.54) is 11.3 Å². The van der Waals surface area contributed by atoms with E-state index in [1.807, 2.05) is 79.7 Å². The van der Waals surface area contributed by atoms with E-state index < -0.39 is 23.2 Å². The van der Waals surface area contributed by atoms with Crippen LogP contribution >= 0.6 is 11.3 Å². The molecule has 1 unspecified atom stereocenters. The third kappa shape index (κ3) is 7.01. The summed E-state index contributed by atoms with van der Waals surface area (Å²) in [7, 11) is 0. The molecule has 0 spiro atoms. The van der Waals surface area contributed by atoms with Crippen LogP contribution in [0, 0.1) is 0 Å². The third-order valence-corrected chi connectivity index (χ3v) is 10.2. The molecule has 6 aromatic rings. The summed E-state index contributed by atoms with van der Waals surface area (Å²) < 4.78 is 54.2. The fraction of sp³-hybridized carbons (Fsp3) is 0.220. The Morgan fingerprint density at radius 1 is 0.902 bits per heavy atom. The van der Waals surface area contributed by atoms with Gasteiger partial charge in [-0.05, 0) is 56.2 Å². The molecule has 0 fully saturated rings. The summed E-state index contributed by atoms with van der Waals surface area (Å²) in [6.45, 7) is 3.84. The standard InChI is InChI=1S/C41H34F3N3O3S/c1-3-49-39(48)40(2,46-34(27-13-7-4-8-14-27)28-15-9-5-10-16-28)24-23-26-19-21-31-30(25-26)20-22-32-37(31)51-38(45-32)36-33(41(42,43)44)35(47-50-36)29-17-11-6-12-18-29/h4-19,21,25H,3,20,22-24H2,1-2H3. The van der Waals surface area contributed by atoms with Crippen molar-refractivity contribution >= 4 is 23.0 Å². The van der Waals surface area contributed by atoms with Crippen LogP contribution in [-0.2, 0) is 35.0 Å². The highest BCUT2D eigenvalue weighted by Gasteiger charge is 2.42. The Hall–Kier alpha value is -5.35. The minimum absolute atomic E-state index is 0.148. The van der Waals surface area contributed by atoms with Crippen LogP contribution in [0.4, 0.5) is 13.2 Å². The van der Waals surface area contributed by atoms with Crippen LogP contribution in [0.2, 0.25) is 0 Å². The minimum Gasteiger partial charge on any atom is -0.464 e. The second kappa shape index (κ2) is 14.1. The number of alkyl halides is 3. The number of aryl methyl sites for hydroxylation is 3. The van der Waals surface area contributed by atoms with Crippen LogP contribution in [0.5, 0.6) is 0 Å². The highest BCUT2D eigenvalue weighted by Crippen LogP contribution is 2.47. The summed E-state index contributed by atoms with van der Waals surface area (Å²) in [6, 6.07) is 33.9. The highest BCUT2D eigenvalue weighted by atomic mass is 32.1. The van der Waals surface area contributed by atoms with E-state index in [0.29, 0.717) is 37.0 Å². The first-order chi connectivity index (χ1) is 24.6. The molecule has 2 heterocycles. The first-order valence-electron chi connectivity index (χ1n) is 16.8. The number of benzene rings is 4. The number of aromatic nitrogens is 2. The number of esters is 1. The Kier molecular flexibility index (Phi) is 9.44. The van der Waals surface area contributed by atoms with Gasteiger partial charge < -0.3 is 9.26 Å². The SMILES string of the molecule is CCOC(=O)C(C)(CCc1ccc2c(c1)CCc1nc(-c3onc(-c4ccccc4)c3C(F)(F)F)sc1-2)N=C(c1ccccc1)c1ccccc1. The summed E-state index contributed by atoms with van der Waals surface area (Å²) in [4.78, 5) is 24.1. The molecule has 2 aromatic heterocycles. The van der Waals surface area contributed by atoms with Crippen molar-refractivity contribution in [1.82, 2.24) is 10.1 Å². The van der Waals surface area contributed by atoms with Crippen molar-refractivity contribution in [3.63, 3.8) is 0 Å². The first kappa shape index (κ1) is 34.1. The fourth-order valence-corrected chi connectivity index (χ4v) is 7.57. The van der Waals surface area contributed by atoms with Gasteiger partial charge in [-0.15, -0.1) is 11.3 Å². The molecule has 1 aliphatic carbocycles. The average Bonchev–Trinajstić information content (AvgIpc) is 3.80. The summed E-state index contributed by atoms with van der Waals surface area (Å²) in [5.41, 5.74) is 4.25. The Bertz CT molecular complexity index is 2150. The summed E-state index contributed by atoms with van der Waals surface area (Å²) in [5.74, 6) is -0.765. The molecule has 4 aromatic carbocycles. The Morgan fingerprint density at radius 2 is 1.55 bits per heavy atom. The minimum atomic E-state index is -4.69. The topological polar surface area (TPSA) is 77.6 Å². The predicted molar refractivity (Wildman–Crippen MR) is 193 cm³/mol. The molecule has 0 bridgehead atoms. The van der Waals surface area contributed by atoms with E-state index in [2.05, 4.69) is 16.2 Å². The number of nitrogens with zero attached hydrogens (tertiary/aromatic N) is 3. The predicted octanol–water partition coefficient (Wildman–Crippen LogP) is 10.0. The van der Waals surface area contributed by atoms with E-state index in [9.17, 15) is 18.0 Å². The van der Waals surface area contributed by atoms with Crippen LogP contribution in [-0.4, -0.2) is 34.0 Å². The van der Waals surface area contributed by atoms with Crippen molar-refractivity contribution < 1.29 is 27.2 Å². The number of hydrogen-bond donors (Lipinski definition) is 0. The Balaban J connectivity index is 1.19. The summed E-state index contributed by atoms with van der Waals surface area (Å²) in [6.07, 6.45) is -2.48. The number of aliphatic imine (C=N–C) groups is 1. The van der Waals surface area contributed by atoms with E-state index in [0.717, 1.165) is 38.4 Å². The van der Waals surface area contributed by atoms with E-state index in [4.69, 9.17) is 14.3 Å². The fourth-order valence-electron chi connectivity index (χ4n) is 6.42. The molecule has 0 amide bonds. The second-order valence-electron chi connectivity index (χ2n) is 12.6. The molecule has 10 heteroatoms. The van der Waals surface area contributed by atoms with Gasteiger partial charge in [-0.1, -0.05) is 114 Å². The largest absolute Gasteiger partial charge is 0.464 e. The average molecular weight is 706 g/mol. The quantitative estimate of drug-likeness (QED) is 0.105. The van der Waals surface area contributed by atoms with Crippen LogP contribution in [0.3, 0.4) is 0 Å². The van der Waals surface area contributed by atoms with Crippen molar-refractivity contribution in [1.29, 1.82) is 0 Å². The van der Waals surface area contributed by atoms with Crippen molar-refractivity contribution in [2.24, 2.45) is 4.99 Å². The lowest BCUT2D eigenvalue weighted by Gasteiger charge is -2.25. The van der Waals surface area contributed by atoms with Crippen molar-refractivity contribution in [3.05, 3.63) is 143 Å². The summed E-state index contributed by atoms with van der Waals surface area (Å²) >= 11 is 1.18. The van der Waals surface area contributed by atoms with Gasteiger partial charge in [-0.3, -0.25) is 4.99 Å². The lowest BCUT2D eigenvalue weighted by molar-refractivity contribution is -0.149. The van der Waals surface area contributed by atoms with Gasteiger partial charge >= 0.3 is 12.1 Å². The van der Waals surface area contributed by atoms with Gasteiger partial charge in [0.2, 0.25) is 5.76 Å². The third-order valence-electron chi connectivity index (χ3n) is 9.03. The van der Waals surface area contributed by atoms with Crippen LogP contribution in [0.15, 0.2) is 119 Å². The lowest BCUT2D eigenvalue weighted by atomic mass is 9.88. The molecule has 1 atom stereocenters. The van der Waals surface area contributed by atoms with Crippen molar-refractivity contribution in [2.75, 3.05) is 6.61 Å². The van der Waals surface area contributed by atoms with E-state index >= 15 is 0 Å². The molecule has 6 nitrogen and oxygen atoms in total. The monoisotopic (exact) mass is 705 g/mol. The lowest BCUT2D eigenvalue weighted by Crippen LogP contribution is -2.37. The van der Waals surface area contributed by atoms with Crippen molar-refractivity contribution in [2.45, 2.75) is 51.2 Å². The molecule has 258 valence electrons. The number of carbonyl (C=O) groups excluding carboxylic acids is 1. The van der Waals surface area contributed by atoms with E-state index in [1.54, 1.807) is 37.3 Å². The molecule has 0 saturated heterocycles. The number of rotatable bonds is 10. The molecular formula is C41H34F3N3O3S.